The molecule has 4 rings (SSSR count). The summed E-state index contributed by atoms with van der Waals surface area (Å²) in [4.78, 5) is 31.5. The summed E-state index contributed by atoms with van der Waals surface area (Å²) in [5.41, 5.74) is 3.03. The van der Waals surface area contributed by atoms with Gasteiger partial charge in [-0.05, 0) is 48.4 Å². The van der Waals surface area contributed by atoms with E-state index < -0.39 is 4.92 Å². The molecule has 0 bridgehead atoms. The predicted molar refractivity (Wildman–Crippen MR) is 115 cm³/mol. The van der Waals surface area contributed by atoms with Crippen LogP contribution in [-0.2, 0) is 4.79 Å². The summed E-state index contributed by atoms with van der Waals surface area (Å²) >= 11 is 1.69. The minimum Gasteiger partial charge on any atom is -0.345 e. The van der Waals surface area contributed by atoms with Gasteiger partial charge in [0.25, 0.3) is 5.69 Å². The van der Waals surface area contributed by atoms with E-state index in [4.69, 9.17) is 4.98 Å². The fraction of sp³-hybridized carbons (Fsp3) is 0.238. The highest BCUT2D eigenvalue weighted by atomic mass is 32.1. The molecule has 8 heteroatoms. The lowest BCUT2D eigenvalue weighted by molar-refractivity contribution is -0.384. The van der Waals surface area contributed by atoms with Crippen LogP contribution in [0.3, 0.4) is 0 Å². The smallest absolute Gasteiger partial charge is 0.269 e. The molecule has 1 amide bonds. The van der Waals surface area contributed by atoms with Crippen LogP contribution in [0, 0.1) is 17.0 Å². The fourth-order valence-corrected chi connectivity index (χ4v) is 4.37. The lowest BCUT2D eigenvalue weighted by Crippen LogP contribution is -2.48. The Bertz CT molecular complexity index is 1080. The van der Waals surface area contributed by atoms with Crippen molar-refractivity contribution in [1.29, 1.82) is 0 Å². The Hall–Kier alpha value is -3.26. The first-order chi connectivity index (χ1) is 14.0. The number of anilines is 1. The third-order valence-corrected chi connectivity index (χ3v) is 6.00. The molecule has 2 heterocycles. The molecule has 2 aromatic carbocycles. The van der Waals surface area contributed by atoms with E-state index in [1.807, 2.05) is 11.0 Å². The number of carbonyl (C=O) groups excluding carboxylic acids is 1. The van der Waals surface area contributed by atoms with Gasteiger partial charge >= 0.3 is 0 Å². The molecule has 0 spiro atoms. The van der Waals surface area contributed by atoms with Gasteiger partial charge in [-0.15, -0.1) is 0 Å². The molecule has 7 nitrogen and oxygen atoms in total. The maximum atomic E-state index is 12.5. The number of carbonyl (C=O) groups is 1. The van der Waals surface area contributed by atoms with Crippen LogP contribution >= 0.6 is 11.3 Å². The third-order valence-electron chi connectivity index (χ3n) is 4.92. The van der Waals surface area contributed by atoms with Crippen LogP contribution < -0.4 is 4.90 Å². The van der Waals surface area contributed by atoms with Crippen molar-refractivity contribution in [1.82, 2.24) is 9.88 Å². The number of thiazole rings is 1. The highest BCUT2D eigenvalue weighted by molar-refractivity contribution is 7.22. The van der Waals surface area contributed by atoms with Crippen molar-refractivity contribution >= 4 is 44.4 Å². The van der Waals surface area contributed by atoms with Gasteiger partial charge in [0.1, 0.15) is 0 Å². The van der Waals surface area contributed by atoms with Gasteiger partial charge in [-0.1, -0.05) is 17.4 Å². The van der Waals surface area contributed by atoms with E-state index in [-0.39, 0.29) is 11.6 Å². The molecule has 0 N–H and O–H groups in total. The number of non-ortho nitro benzene ring substituents is 1. The zero-order valence-electron chi connectivity index (χ0n) is 15.9. The zero-order chi connectivity index (χ0) is 20.4. The SMILES string of the molecule is Cc1ccc2nc(N3CCN(C(=O)/C=C\c4ccc([N+](=O)[O-])cc4)CC3)sc2c1. The number of nitrogens with zero attached hydrogens (tertiary/aromatic N) is 4. The van der Waals surface area contributed by atoms with E-state index >= 15 is 0 Å². The average Bonchev–Trinajstić information content (AvgIpc) is 3.15. The Morgan fingerprint density at radius 2 is 1.86 bits per heavy atom. The molecular formula is C21H20N4O3S. The number of nitro benzene ring substituents is 1. The number of hydrogen-bond acceptors (Lipinski definition) is 6. The van der Waals surface area contributed by atoms with E-state index in [0.29, 0.717) is 13.1 Å². The van der Waals surface area contributed by atoms with Gasteiger partial charge in [-0.2, -0.15) is 0 Å². The normalized spacial score (nSPS) is 14.7. The summed E-state index contributed by atoms with van der Waals surface area (Å²) in [6.07, 6.45) is 3.21. The van der Waals surface area contributed by atoms with Crippen molar-refractivity contribution < 1.29 is 9.72 Å². The van der Waals surface area contributed by atoms with Gasteiger partial charge in [0.15, 0.2) is 5.13 Å². The van der Waals surface area contributed by atoms with Crippen molar-refractivity contribution in [3.63, 3.8) is 0 Å². The second-order valence-electron chi connectivity index (χ2n) is 6.96. The molecule has 1 aliphatic heterocycles. The van der Waals surface area contributed by atoms with Crippen LogP contribution in [0.25, 0.3) is 16.3 Å². The summed E-state index contributed by atoms with van der Waals surface area (Å²) in [6, 6.07) is 12.4. The van der Waals surface area contributed by atoms with Gasteiger partial charge in [0.2, 0.25) is 5.91 Å². The Labute approximate surface area is 172 Å². The Morgan fingerprint density at radius 1 is 1.14 bits per heavy atom. The second-order valence-corrected chi connectivity index (χ2v) is 7.97. The summed E-state index contributed by atoms with van der Waals surface area (Å²) in [7, 11) is 0. The van der Waals surface area contributed by atoms with Crippen LogP contribution in [0.5, 0.6) is 0 Å². The minimum absolute atomic E-state index is 0.0367. The molecule has 0 radical (unpaired) electrons. The Kier molecular flexibility index (Phi) is 5.26. The summed E-state index contributed by atoms with van der Waals surface area (Å²) < 4.78 is 1.18. The summed E-state index contributed by atoms with van der Waals surface area (Å²) in [5, 5.41) is 11.7. The first kappa shape index (κ1) is 19.1. The molecule has 29 heavy (non-hydrogen) atoms. The number of hydrogen-bond donors (Lipinski definition) is 0. The number of fused-ring (bicyclic) bond motifs is 1. The van der Waals surface area contributed by atoms with Crippen LogP contribution in [0.2, 0.25) is 0 Å². The molecule has 0 unspecified atom stereocenters. The highest BCUT2D eigenvalue weighted by Gasteiger charge is 2.22. The Balaban J connectivity index is 1.35. The van der Waals surface area contributed by atoms with E-state index in [2.05, 4.69) is 24.0 Å². The minimum atomic E-state index is -0.440. The molecule has 1 fully saturated rings. The Morgan fingerprint density at radius 3 is 2.55 bits per heavy atom. The lowest BCUT2D eigenvalue weighted by Gasteiger charge is -2.34. The molecular weight excluding hydrogens is 388 g/mol. The number of benzene rings is 2. The molecule has 0 aliphatic carbocycles. The monoisotopic (exact) mass is 408 g/mol. The number of piperazine rings is 1. The van der Waals surface area contributed by atoms with Gasteiger partial charge < -0.3 is 9.80 Å². The molecule has 1 aliphatic rings. The van der Waals surface area contributed by atoms with E-state index in [9.17, 15) is 14.9 Å². The van der Waals surface area contributed by atoms with Crippen molar-refractivity contribution in [2.75, 3.05) is 31.1 Å². The van der Waals surface area contributed by atoms with Crippen molar-refractivity contribution in [2.45, 2.75) is 6.92 Å². The van der Waals surface area contributed by atoms with Crippen LogP contribution in [0.15, 0.2) is 48.5 Å². The predicted octanol–water partition coefficient (Wildman–Crippen LogP) is 3.87. The van der Waals surface area contributed by atoms with Crippen LogP contribution in [-0.4, -0.2) is 46.9 Å². The topological polar surface area (TPSA) is 79.6 Å². The van der Waals surface area contributed by atoms with Crippen LogP contribution in [0.1, 0.15) is 11.1 Å². The quantitative estimate of drug-likeness (QED) is 0.372. The molecule has 1 aromatic heterocycles. The van der Waals surface area contributed by atoms with Crippen LogP contribution in [0.4, 0.5) is 10.8 Å². The number of aromatic nitrogens is 1. The maximum absolute atomic E-state index is 12.5. The molecule has 3 aromatic rings. The highest BCUT2D eigenvalue weighted by Crippen LogP contribution is 2.30. The second kappa shape index (κ2) is 8.00. The van der Waals surface area contributed by atoms with Crippen molar-refractivity contribution in [3.05, 3.63) is 69.8 Å². The fourth-order valence-electron chi connectivity index (χ4n) is 3.25. The average molecular weight is 408 g/mol. The van der Waals surface area contributed by atoms with Crippen molar-refractivity contribution in [3.8, 4) is 0 Å². The number of nitro groups is 1. The van der Waals surface area contributed by atoms with Gasteiger partial charge in [-0.3, -0.25) is 14.9 Å². The molecule has 0 saturated carbocycles. The summed E-state index contributed by atoms with van der Waals surface area (Å²) in [5.74, 6) is -0.0528. The van der Waals surface area contributed by atoms with Gasteiger partial charge in [0, 0.05) is 44.4 Å². The first-order valence-electron chi connectivity index (χ1n) is 9.33. The van der Waals surface area contributed by atoms with Gasteiger partial charge in [0.05, 0.1) is 15.1 Å². The van der Waals surface area contributed by atoms with E-state index in [0.717, 1.165) is 29.3 Å². The van der Waals surface area contributed by atoms with E-state index in [1.165, 1.54) is 28.5 Å². The van der Waals surface area contributed by atoms with E-state index in [1.54, 1.807) is 29.5 Å². The largest absolute Gasteiger partial charge is 0.345 e. The maximum Gasteiger partial charge on any atom is 0.269 e. The standard InChI is InChI=1S/C21H20N4O3S/c1-15-2-8-18-19(14-15)29-21(22-18)24-12-10-23(11-13-24)20(26)9-5-16-3-6-17(7-4-16)25(27)28/h2-9,14H,10-13H2,1H3/b9-5-. The molecule has 0 atom stereocenters. The third kappa shape index (κ3) is 4.27. The number of aryl methyl sites for hydroxylation is 1. The molecule has 1 saturated heterocycles. The molecule has 148 valence electrons. The van der Waals surface area contributed by atoms with Gasteiger partial charge in [-0.25, -0.2) is 4.98 Å². The summed E-state index contributed by atoms with van der Waals surface area (Å²) in [6.45, 7) is 4.84. The van der Waals surface area contributed by atoms with Crippen molar-refractivity contribution in [2.24, 2.45) is 0 Å². The lowest BCUT2D eigenvalue weighted by atomic mass is 10.2. The number of amides is 1. The number of rotatable bonds is 4. The zero-order valence-corrected chi connectivity index (χ0v) is 16.8. The first-order valence-corrected chi connectivity index (χ1v) is 10.1.